The summed E-state index contributed by atoms with van der Waals surface area (Å²) in [6.45, 7) is 5.43. The highest BCUT2D eigenvalue weighted by Crippen LogP contribution is 2.25. The summed E-state index contributed by atoms with van der Waals surface area (Å²) in [7, 11) is 0. The highest BCUT2D eigenvalue weighted by molar-refractivity contribution is 5.78. The number of pyridine rings is 1. The molecular weight excluding hydrogens is 300 g/mol. The number of carbonyl (C=O) groups excluding carboxylic acids is 1. The number of aromatic nitrogens is 1. The van der Waals surface area contributed by atoms with Gasteiger partial charge in [0.05, 0.1) is 12.3 Å². The van der Waals surface area contributed by atoms with Crippen molar-refractivity contribution in [2.75, 3.05) is 6.61 Å². The van der Waals surface area contributed by atoms with Crippen LogP contribution in [0, 0.1) is 0 Å². The van der Waals surface area contributed by atoms with Crippen LogP contribution < -0.4 is 0 Å². The van der Waals surface area contributed by atoms with Gasteiger partial charge in [-0.25, -0.2) is 4.79 Å². The largest absolute Gasteiger partial charge is 0.462 e. The Labute approximate surface area is 135 Å². The average molecular weight is 321 g/mol. The van der Waals surface area contributed by atoms with Gasteiger partial charge < -0.3 is 4.74 Å². The highest BCUT2D eigenvalue weighted by atomic mass is 19.3. The van der Waals surface area contributed by atoms with E-state index in [4.69, 9.17) is 0 Å². The van der Waals surface area contributed by atoms with E-state index in [1.807, 2.05) is 19.9 Å². The number of hydrogen-bond acceptors (Lipinski definition) is 3. The van der Waals surface area contributed by atoms with Gasteiger partial charge in [-0.05, 0) is 30.7 Å². The molecule has 0 saturated carbocycles. The minimum atomic E-state index is -3.53. The van der Waals surface area contributed by atoms with E-state index >= 15 is 0 Å². The number of rotatable bonds is 5. The quantitative estimate of drug-likeness (QED) is 0.760. The van der Waals surface area contributed by atoms with Gasteiger partial charge in [-0.15, -0.1) is 0 Å². The second kappa shape index (κ2) is 8.98. The molecule has 0 unspecified atom stereocenters. The molecule has 124 valence electrons. The first-order valence-electron chi connectivity index (χ1n) is 7.58. The maximum absolute atomic E-state index is 13.7. The molecule has 3 nitrogen and oxygen atoms in total. The van der Waals surface area contributed by atoms with Crippen LogP contribution >= 0.6 is 0 Å². The van der Waals surface area contributed by atoms with Gasteiger partial charge in [-0.2, -0.15) is 8.78 Å². The van der Waals surface area contributed by atoms with Crippen molar-refractivity contribution in [1.29, 1.82) is 0 Å². The fourth-order valence-corrected chi connectivity index (χ4v) is 1.94. The molecule has 5 heteroatoms. The number of hydrogen-bond donors (Lipinski definition) is 0. The van der Waals surface area contributed by atoms with Gasteiger partial charge in [0.2, 0.25) is 0 Å². The number of carbonyl (C=O) groups is 1. The average Bonchev–Trinajstić information content (AvgIpc) is 2.57. The van der Waals surface area contributed by atoms with E-state index in [2.05, 4.69) is 9.72 Å². The number of halogens is 2. The van der Waals surface area contributed by atoms with Crippen LogP contribution in [0.4, 0.5) is 8.78 Å². The third-order valence-corrected chi connectivity index (χ3v) is 2.89. The van der Waals surface area contributed by atoms with E-state index in [0.717, 1.165) is 5.56 Å². The third kappa shape index (κ3) is 5.43. The first-order valence-corrected chi connectivity index (χ1v) is 7.58. The topological polar surface area (TPSA) is 39.2 Å². The van der Waals surface area contributed by atoms with Gasteiger partial charge >= 0.3 is 11.9 Å². The molecule has 0 N–H and O–H groups in total. The van der Waals surface area contributed by atoms with E-state index in [9.17, 15) is 13.6 Å². The van der Waals surface area contributed by atoms with Gasteiger partial charge in [-0.1, -0.05) is 38.1 Å². The van der Waals surface area contributed by atoms with E-state index in [0.29, 0.717) is 11.3 Å². The normalized spacial score (nSPS) is 10.5. The third-order valence-electron chi connectivity index (χ3n) is 2.89. The van der Waals surface area contributed by atoms with E-state index in [1.165, 1.54) is 6.92 Å². The minimum absolute atomic E-state index is 0.0671. The van der Waals surface area contributed by atoms with E-state index in [-0.39, 0.29) is 6.61 Å². The molecule has 1 aromatic carbocycles. The predicted octanol–water partition coefficient (Wildman–Crippen LogP) is 4.52. The molecule has 0 saturated heterocycles. The second-order valence-electron chi connectivity index (χ2n) is 4.52. The van der Waals surface area contributed by atoms with E-state index < -0.39 is 18.3 Å². The standard InChI is InChI=1S/C16H15F2NO2.C2H6/c1-2-21-15(20)16(17,18)11-12-6-5-7-13(10-12)14-8-3-4-9-19-14;1-2/h3-10H,2,11H2,1H3;1-2H3. The molecule has 0 spiro atoms. The Hall–Kier alpha value is -2.30. The Balaban J connectivity index is 0.00000127. The highest BCUT2D eigenvalue weighted by Gasteiger charge is 2.40. The SMILES string of the molecule is CC.CCOC(=O)C(F)(F)Cc1cccc(-c2ccccn2)c1. The molecule has 0 atom stereocenters. The Morgan fingerprint density at radius 2 is 1.91 bits per heavy atom. The Morgan fingerprint density at radius 1 is 1.17 bits per heavy atom. The lowest BCUT2D eigenvalue weighted by Crippen LogP contribution is -2.33. The fourth-order valence-electron chi connectivity index (χ4n) is 1.94. The van der Waals surface area contributed by atoms with Crippen LogP contribution in [0.2, 0.25) is 0 Å². The summed E-state index contributed by atoms with van der Waals surface area (Å²) in [6, 6.07) is 12.0. The van der Waals surface area contributed by atoms with Gasteiger partial charge in [0.25, 0.3) is 0 Å². The number of ether oxygens (including phenoxy) is 1. The zero-order valence-corrected chi connectivity index (χ0v) is 13.6. The van der Waals surface area contributed by atoms with Crippen molar-refractivity contribution in [2.24, 2.45) is 0 Å². The summed E-state index contributed by atoms with van der Waals surface area (Å²) < 4.78 is 31.9. The van der Waals surface area contributed by atoms with Gasteiger partial charge in [0.1, 0.15) is 0 Å². The van der Waals surface area contributed by atoms with Crippen LogP contribution in [0.25, 0.3) is 11.3 Å². The van der Waals surface area contributed by atoms with Crippen molar-refractivity contribution in [2.45, 2.75) is 33.1 Å². The summed E-state index contributed by atoms with van der Waals surface area (Å²) in [5.74, 6) is -5.02. The molecule has 0 aliphatic heterocycles. The maximum atomic E-state index is 13.7. The molecule has 2 rings (SSSR count). The number of alkyl halides is 2. The first-order chi connectivity index (χ1) is 11.0. The van der Waals surface area contributed by atoms with Crippen LogP contribution in [0.15, 0.2) is 48.7 Å². The lowest BCUT2D eigenvalue weighted by atomic mass is 10.0. The Morgan fingerprint density at radius 3 is 2.52 bits per heavy atom. The molecule has 1 aromatic heterocycles. The molecule has 2 aromatic rings. The Kier molecular flexibility index (Phi) is 7.32. The first kappa shape index (κ1) is 18.7. The van der Waals surface area contributed by atoms with Crippen molar-refractivity contribution >= 4 is 5.97 Å². The van der Waals surface area contributed by atoms with Crippen molar-refractivity contribution in [3.63, 3.8) is 0 Å². The summed E-state index contributed by atoms with van der Waals surface area (Å²) in [5, 5.41) is 0. The zero-order chi connectivity index (χ0) is 17.3. The van der Waals surface area contributed by atoms with Crippen LogP contribution in [0.1, 0.15) is 26.3 Å². The van der Waals surface area contributed by atoms with Crippen LogP contribution in [0.5, 0.6) is 0 Å². The molecule has 0 radical (unpaired) electrons. The van der Waals surface area contributed by atoms with Gasteiger partial charge in [-0.3, -0.25) is 4.98 Å². The molecule has 0 bridgehead atoms. The number of benzene rings is 1. The maximum Gasteiger partial charge on any atom is 0.377 e. The molecule has 0 fully saturated rings. The zero-order valence-electron chi connectivity index (χ0n) is 13.6. The summed E-state index contributed by atoms with van der Waals surface area (Å²) in [6.07, 6.45) is 0.946. The van der Waals surface area contributed by atoms with Crippen LogP contribution in [-0.4, -0.2) is 23.5 Å². The summed E-state index contributed by atoms with van der Waals surface area (Å²) in [4.78, 5) is 15.4. The molecule has 0 aliphatic carbocycles. The predicted molar refractivity (Wildman–Crippen MR) is 86.3 cm³/mol. The minimum Gasteiger partial charge on any atom is -0.462 e. The Bertz CT molecular complexity index is 615. The lowest BCUT2D eigenvalue weighted by molar-refractivity contribution is -0.171. The molecule has 0 amide bonds. The smallest absolute Gasteiger partial charge is 0.377 e. The van der Waals surface area contributed by atoms with Gasteiger partial charge in [0.15, 0.2) is 0 Å². The van der Waals surface area contributed by atoms with Crippen LogP contribution in [-0.2, 0) is 16.0 Å². The van der Waals surface area contributed by atoms with Crippen LogP contribution in [0.3, 0.4) is 0 Å². The fraction of sp³-hybridized carbons (Fsp3) is 0.333. The van der Waals surface area contributed by atoms with Crippen molar-refractivity contribution in [1.82, 2.24) is 4.98 Å². The molecule has 23 heavy (non-hydrogen) atoms. The second-order valence-corrected chi connectivity index (χ2v) is 4.52. The lowest BCUT2D eigenvalue weighted by Gasteiger charge is -2.15. The molecular formula is C18H21F2NO2. The van der Waals surface area contributed by atoms with Crippen molar-refractivity contribution < 1.29 is 18.3 Å². The molecule has 1 heterocycles. The van der Waals surface area contributed by atoms with Crippen molar-refractivity contribution in [3.8, 4) is 11.3 Å². The van der Waals surface area contributed by atoms with Crippen molar-refractivity contribution in [3.05, 3.63) is 54.2 Å². The molecule has 0 aliphatic rings. The summed E-state index contributed by atoms with van der Waals surface area (Å²) >= 11 is 0. The summed E-state index contributed by atoms with van der Waals surface area (Å²) in [5.41, 5.74) is 1.78. The number of esters is 1. The monoisotopic (exact) mass is 321 g/mol. The van der Waals surface area contributed by atoms with E-state index in [1.54, 1.807) is 42.6 Å². The van der Waals surface area contributed by atoms with Gasteiger partial charge in [0, 0.05) is 18.2 Å². The number of nitrogens with zero attached hydrogens (tertiary/aromatic N) is 1.